The average Bonchev–Trinajstić information content (AvgIpc) is 3.90. The van der Waals surface area contributed by atoms with Gasteiger partial charge >= 0.3 is 0 Å². The molecule has 66 heavy (non-hydrogen) atoms. The molecule has 0 saturated carbocycles. The van der Waals surface area contributed by atoms with Crippen molar-refractivity contribution < 1.29 is 4.74 Å². The summed E-state index contributed by atoms with van der Waals surface area (Å²) in [4.78, 5) is 5.71. The van der Waals surface area contributed by atoms with E-state index >= 15 is 0 Å². The molecule has 0 bridgehead atoms. The van der Waals surface area contributed by atoms with Crippen LogP contribution in [-0.4, -0.2) is 22.2 Å². The molecule has 0 spiro atoms. The minimum Gasteiger partial charge on any atom is -0.458 e. The van der Waals surface area contributed by atoms with E-state index in [0.717, 1.165) is 50.2 Å². The average molecular weight is 858 g/mol. The molecule has 3 aromatic heterocycles. The second-order valence-corrected chi connectivity index (χ2v) is 21.0. The molecule has 0 radical (unpaired) electrons. The van der Waals surface area contributed by atoms with Gasteiger partial charge in [-0.05, 0) is 98.8 Å². The van der Waals surface area contributed by atoms with Crippen LogP contribution < -0.4 is 25.6 Å². The van der Waals surface area contributed by atoms with Crippen molar-refractivity contribution in [1.29, 1.82) is 0 Å². The van der Waals surface area contributed by atoms with Crippen LogP contribution in [0.2, 0.25) is 0 Å². The Morgan fingerprint density at radius 1 is 0.364 bits per heavy atom. The van der Waals surface area contributed by atoms with E-state index in [0.29, 0.717) is 0 Å². The SMILES string of the molecule is c1cc(-c2ccc3c(c2)Oc2ccccc2[Si]3(c2ccc3ccccc3n2)c2cccc3cccc(-n4c5ccccc5c5ccccc54)c23)cc(-n2c3ccccc3c3ccccc32)c1. The highest BCUT2D eigenvalue weighted by atomic mass is 28.3. The highest BCUT2D eigenvalue weighted by molar-refractivity contribution is 7.21. The zero-order valence-corrected chi connectivity index (χ0v) is 36.8. The number of aromatic nitrogens is 3. The lowest BCUT2D eigenvalue weighted by Gasteiger charge is -2.39. The Morgan fingerprint density at radius 3 is 1.64 bits per heavy atom. The van der Waals surface area contributed by atoms with E-state index in [9.17, 15) is 0 Å². The smallest absolute Gasteiger partial charge is 0.210 e. The quantitative estimate of drug-likeness (QED) is 0.162. The maximum absolute atomic E-state index is 7.17. The lowest BCUT2D eigenvalue weighted by Crippen LogP contribution is -2.77. The van der Waals surface area contributed by atoms with Gasteiger partial charge in [0.05, 0.1) is 33.3 Å². The largest absolute Gasteiger partial charge is 0.458 e. The molecular weight excluding hydrogens is 819 g/mol. The minimum atomic E-state index is -3.33. The molecule has 0 amide bonds. The van der Waals surface area contributed by atoms with Crippen LogP contribution in [0.3, 0.4) is 0 Å². The van der Waals surface area contributed by atoms with E-state index in [4.69, 9.17) is 9.72 Å². The second kappa shape index (κ2) is 14.2. The lowest BCUT2D eigenvalue weighted by molar-refractivity contribution is 0.487. The maximum atomic E-state index is 7.17. The highest BCUT2D eigenvalue weighted by Gasteiger charge is 2.50. The number of hydrogen-bond acceptors (Lipinski definition) is 2. The van der Waals surface area contributed by atoms with Crippen molar-refractivity contribution in [2.75, 3.05) is 0 Å². The van der Waals surface area contributed by atoms with E-state index in [2.05, 4.69) is 246 Å². The van der Waals surface area contributed by atoms with Gasteiger partial charge in [0.1, 0.15) is 11.5 Å². The van der Waals surface area contributed by atoms with Gasteiger partial charge < -0.3 is 13.9 Å². The molecule has 1 unspecified atom stereocenters. The summed E-state index contributed by atoms with van der Waals surface area (Å²) in [6, 6.07) is 86.3. The van der Waals surface area contributed by atoms with Crippen molar-refractivity contribution in [3.63, 3.8) is 0 Å². The van der Waals surface area contributed by atoms with Gasteiger partial charge in [-0.2, -0.15) is 0 Å². The van der Waals surface area contributed by atoms with Crippen LogP contribution >= 0.6 is 0 Å². The van der Waals surface area contributed by atoms with Crippen molar-refractivity contribution in [3.8, 4) is 34.0 Å². The first-order valence-electron chi connectivity index (χ1n) is 22.6. The Balaban J connectivity index is 1.06. The van der Waals surface area contributed by atoms with Crippen LogP contribution in [0.1, 0.15) is 0 Å². The zero-order valence-electron chi connectivity index (χ0n) is 35.8. The summed E-state index contributed by atoms with van der Waals surface area (Å²) in [5.74, 6) is 1.73. The van der Waals surface area contributed by atoms with Gasteiger partial charge in [-0.3, -0.25) is 4.98 Å². The Morgan fingerprint density at radius 2 is 0.909 bits per heavy atom. The fourth-order valence-electron chi connectivity index (χ4n) is 11.2. The van der Waals surface area contributed by atoms with Crippen LogP contribution in [0.15, 0.2) is 237 Å². The van der Waals surface area contributed by atoms with Crippen molar-refractivity contribution in [3.05, 3.63) is 237 Å². The first kappa shape index (κ1) is 36.9. The molecule has 1 atom stereocenters. The summed E-state index contributed by atoms with van der Waals surface area (Å²) in [6.07, 6.45) is 0. The number of hydrogen-bond donors (Lipinski definition) is 0. The summed E-state index contributed by atoms with van der Waals surface area (Å²) < 4.78 is 12.0. The fraction of sp³-hybridized carbons (Fsp3) is 0. The molecule has 0 saturated heterocycles. The van der Waals surface area contributed by atoms with Crippen LogP contribution in [0, 0.1) is 0 Å². The van der Waals surface area contributed by atoms with Gasteiger partial charge in [-0.1, -0.05) is 170 Å². The van der Waals surface area contributed by atoms with E-state index in [-0.39, 0.29) is 0 Å². The normalized spacial score (nSPS) is 14.5. The molecule has 4 nitrogen and oxygen atoms in total. The zero-order chi connectivity index (χ0) is 43.3. The number of rotatable bonds is 5. The third-order valence-corrected chi connectivity index (χ3v) is 18.7. The number of benzene rings is 10. The monoisotopic (exact) mass is 857 g/mol. The molecule has 1 aliphatic heterocycles. The third kappa shape index (κ3) is 5.23. The predicted molar refractivity (Wildman–Crippen MR) is 277 cm³/mol. The molecular formula is C61H39N3OSi. The van der Waals surface area contributed by atoms with Gasteiger partial charge in [-0.25, -0.2) is 0 Å². The van der Waals surface area contributed by atoms with Gasteiger partial charge in [0.2, 0.25) is 8.07 Å². The molecule has 0 aliphatic carbocycles. The predicted octanol–water partition coefficient (Wildman–Crippen LogP) is 12.7. The van der Waals surface area contributed by atoms with Gasteiger partial charge in [0.15, 0.2) is 0 Å². The Labute approximate surface area is 381 Å². The standard InChI is InChI=1S/C61H39N3OSi/c1-6-25-49-40(16-1)35-37-60(62-49)66(59-33-15-18-41-17-14-30-54(61(41)59)64-52-28-9-4-23-47(52)48-24-5-10-29-53(48)64)57-32-12-11-31-55(57)65-56-39-43(34-36-58(56)66)42-19-13-20-44(38-42)63-50-26-7-2-21-45(50)46-22-3-8-27-51(46)63/h1-39H. The number of para-hydroxylation sites is 6. The third-order valence-electron chi connectivity index (χ3n) is 14.0. The van der Waals surface area contributed by atoms with E-state index in [1.807, 2.05) is 0 Å². The molecule has 10 aromatic carbocycles. The first-order valence-corrected chi connectivity index (χ1v) is 24.6. The van der Waals surface area contributed by atoms with Crippen molar-refractivity contribution in [2.24, 2.45) is 0 Å². The molecule has 13 aromatic rings. The number of nitrogens with zero attached hydrogens (tertiary/aromatic N) is 3. The highest BCUT2D eigenvalue weighted by Crippen LogP contribution is 2.39. The van der Waals surface area contributed by atoms with E-state index < -0.39 is 8.07 Å². The molecule has 308 valence electrons. The summed E-state index contributed by atoms with van der Waals surface area (Å²) in [5.41, 5.74) is 10.2. The molecule has 1 aliphatic rings. The summed E-state index contributed by atoms with van der Waals surface area (Å²) in [5, 5.41) is 13.2. The summed E-state index contributed by atoms with van der Waals surface area (Å²) in [7, 11) is -3.33. The second-order valence-electron chi connectivity index (χ2n) is 17.4. The van der Waals surface area contributed by atoms with Crippen LogP contribution in [0.4, 0.5) is 0 Å². The molecule has 0 N–H and O–H groups in total. The van der Waals surface area contributed by atoms with E-state index in [1.54, 1.807) is 0 Å². The van der Waals surface area contributed by atoms with Crippen molar-refractivity contribution in [2.45, 2.75) is 0 Å². The van der Waals surface area contributed by atoms with Crippen LogP contribution in [-0.2, 0) is 0 Å². The van der Waals surface area contributed by atoms with E-state index in [1.165, 1.54) is 69.9 Å². The molecule has 14 rings (SSSR count). The van der Waals surface area contributed by atoms with Gasteiger partial charge in [0.25, 0.3) is 0 Å². The molecule has 4 heterocycles. The summed E-state index contributed by atoms with van der Waals surface area (Å²) in [6.45, 7) is 0. The Kier molecular flexibility index (Phi) is 7.97. The van der Waals surface area contributed by atoms with Gasteiger partial charge in [-0.15, -0.1) is 0 Å². The van der Waals surface area contributed by atoms with Gasteiger partial charge in [0, 0.05) is 43.3 Å². The topological polar surface area (TPSA) is 32.0 Å². The van der Waals surface area contributed by atoms with Crippen molar-refractivity contribution in [1.82, 2.24) is 14.1 Å². The minimum absolute atomic E-state index is 0.862. The summed E-state index contributed by atoms with van der Waals surface area (Å²) >= 11 is 0. The lowest BCUT2D eigenvalue weighted by atomic mass is 10.0. The Bertz CT molecular complexity index is 4010. The van der Waals surface area contributed by atoms with Crippen LogP contribution in [0.25, 0.3) is 87.8 Å². The Hall–Kier alpha value is -8.51. The van der Waals surface area contributed by atoms with Crippen molar-refractivity contribution >= 4 is 94.2 Å². The molecule has 0 fully saturated rings. The number of pyridine rings is 1. The molecule has 5 heteroatoms. The van der Waals surface area contributed by atoms with Crippen LogP contribution in [0.5, 0.6) is 11.5 Å². The number of ether oxygens (including phenoxy) is 1. The first-order chi connectivity index (χ1) is 32.7. The maximum Gasteiger partial charge on any atom is 0.210 e. The number of fused-ring (bicyclic) bond motifs is 10. The fourth-order valence-corrected chi connectivity index (χ4v) is 16.2.